The quantitative estimate of drug-likeness (QED) is 0.684. The molecule has 146 valence electrons. The third-order valence-corrected chi connectivity index (χ3v) is 6.71. The summed E-state index contributed by atoms with van der Waals surface area (Å²) in [6, 6.07) is 1.37. The van der Waals surface area contributed by atoms with Gasteiger partial charge in [0.15, 0.2) is 0 Å². The molecule has 1 amide bonds. The highest BCUT2D eigenvalue weighted by Gasteiger charge is 2.28. The van der Waals surface area contributed by atoms with Crippen molar-refractivity contribution in [3.63, 3.8) is 0 Å². The largest absolute Gasteiger partial charge is 0.379 e. The van der Waals surface area contributed by atoms with Crippen LogP contribution in [-0.2, 0) is 34.1 Å². The van der Waals surface area contributed by atoms with Crippen LogP contribution in [0.2, 0.25) is 0 Å². The molecule has 0 spiro atoms. The summed E-state index contributed by atoms with van der Waals surface area (Å²) in [6.45, 7) is 2.72. The van der Waals surface area contributed by atoms with E-state index in [1.807, 2.05) is 0 Å². The van der Waals surface area contributed by atoms with E-state index in [0.717, 1.165) is 31.0 Å². The van der Waals surface area contributed by atoms with E-state index < -0.39 is 10.0 Å². The van der Waals surface area contributed by atoms with E-state index in [1.165, 1.54) is 16.6 Å². The molecule has 0 radical (unpaired) electrons. The molecule has 1 saturated heterocycles. The van der Waals surface area contributed by atoms with Crippen LogP contribution in [0.25, 0.3) is 0 Å². The molecule has 4 heterocycles. The van der Waals surface area contributed by atoms with Gasteiger partial charge in [0.1, 0.15) is 22.2 Å². The molecular formula is C16H22N6O4S. The number of nitrogens with zero attached hydrogens (tertiary/aromatic N) is 4. The molecule has 2 aromatic rings. The molecule has 0 bridgehead atoms. The zero-order valence-corrected chi connectivity index (χ0v) is 15.7. The predicted octanol–water partition coefficient (Wildman–Crippen LogP) is -0.454. The molecule has 1 fully saturated rings. The number of hydrogen-bond acceptors (Lipinski definition) is 6. The summed E-state index contributed by atoms with van der Waals surface area (Å²) >= 11 is 0. The van der Waals surface area contributed by atoms with Crippen LogP contribution in [0.1, 0.15) is 28.6 Å². The molecule has 2 aromatic heterocycles. The second kappa shape index (κ2) is 7.41. The average Bonchev–Trinajstić information content (AvgIpc) is 3.40. The first-order valence-corrected chi connectivity index (χ1v) is 10.5. The highest BCUT2D eigenvalue weighted by atomic mass is 32.2. The Morgan fingerprint density at radius 2 is 2.07 bits per heavy atom. The highest BCUT2D eigenvalue weighted by Crippen LogP contribution is 2.18. The second-order valence-corrected chi connectivity index (χ2v) is 8.50. The van der Waals surface area contributed by atoms with Crippen LogP contribution in [0.3, 0.4) is 0 Å². The van der Waals surface area contributed by atoms with Crippen molar-refractivity contribution < 1.29 is 17.9 Å². The Morgan fingerprint density at radius 3 is 2.89 bits per heavy atom. The maximum atomic E-state index is 12.6. The van der Waals surface area contributed by atoms with Crippen LogP contribution in [0.5, 0.6) is 0 Å². The minimum absolute atomic E-state index is 0.0878. The Hall–Kier alpha value is -2.24. The number of hydrogen-bond donors (Lipinski definition) is 2. The van der Waals surface area contributed by atoms with Crippen molar-refractivity contribution in [2.24, 2.45) is 0 Å². The van der Waals surface area contributed by atoms with Gasteiger partial charge in [-0.15, -0.1) is 10.2 Å². The van der Waals surface area contributed by atoms with Crippen LogP contribution in [-0.4, -0.2) is 71.2 Å². The Balaban J connectivity index is 1.35. The standard InChI is InChI=1S/C16H22N6O4S/c23-16(17-4-3-15-20-19-14-2-1-5-22(14)15)13-10-12(11-18-13)27(24,25)21-6-8-26-9-7-21/h10-11,18H,1-9H2,(H,17,23). The molecular weight excluding hydrogens is 372 g/mol. The number of rotatable bonds is 6. The molecule has 0 unspecified atom stereocenters. The summed E-state index contributed by atoms with van der Waals surface area (Å²) in [7, 11) is -3.62. The van der Waals surface area contributed by atoms with Crippen molar-refractivity contribution in [1.82, 2.24) is 29.4 Å². The number of fused-ring (bicyclic) bond motifs is 1. The zero-order chi connectivity index (χ0) is 18.9. The molecule has 11 heteroatoms. The molecule has 0 aromatic carbocycles. The summed E-state index contributed by atoms with van der Waals surface area (Å²) in [5.74, 6) is 1.52. The van der Waals surface area contributed by atoms with Crippen LogP contribution in [0.4, 0.5) is 0 Å². The molecule has 0 atom stereocenters. The van der Waals surface area contributed by atoms with E-state index in [9.17, 15) is 13.2 Å². The van der Waals surface area contributed by atoms with Gasteiger partial charge in [0, 0.05) is 45.2 Å². The lowest BCUT2D eigenvalue weighted by Gasteiger charge is -2.25. The van der Waals surface area contributed by atoms with Crippen LogP contribution in [0.15, 0.2) is 17.2 Å². The van der Waals surface area contributed by atoms with Crippen molar-refractivity contribution >= 4 is 15.9 Å². The Kier molecular flexibility index (Phi) is 4.98. The number of nitrogens with one attached hydrogen (secondary N) is 2. The van der Waals surface area contributed by atoms with E-state index in [-0.39, 0.29) is 16.5 Å². The molecule has 4 rings (SSSR count). The fourth-order valence-electron chi connectivity index (χ4n) is 3.37. The van der Waals surface area contributed by atoms with Crippen LogP contribution >= 0.6 is 0 Å². The number of ether oxygens (including phenoxy) is 1. The first-order valence-electron chi connectivity index (χ1n) is 9.01. The fourth-order valence-corrected chi connectivity index (χ4v) is 4.77. The van der Waals surface area contributed by atoms with Gasteiger partial charge >= 0.3 is 0 Å². The Bertz CT molecular complexity index is 929. The molecule has 0 saturated carbocycles. The first-order chi connectivity index (χ1) is 13.1. The number of sulfonamides is 1. The molecule has 2 aliphatic heterocycles. The van der Waals surface area contributed by atoms with Gasteiger partial charge in [0.25, 0.3) is 5.91 Å². The molecule has 27 heavy (non-hydrogen) atoms. The number of carbonyl (C=O) groups excluding carboxylic acids is 1. The summed E-state index contributed by atoms with van der Waals surface area (Å²) < 4.78 is 33.9. The minimum atomic E-state index is -3.62. The molecule has 10 nitrogen and oxygen atoms in total. The summed E-state index contributed by atoms with van der Waals surface area (Å²) in [5, 5.41) is 11.1. The zero-order valence-electron chi connectivity index (χ0n) is 14.8. The van der Waals surface area contributed by atoms with Gasteiger partial charge in [-0.3, -0.25) is 4.79 Å². The van der Waals surface area contributed by atoms with Gasteiger partial charge in [-0.2, -0.15) is 4.31 Å². The Morgan fingerprint density at radius 1 is 1.26 bits per heavy atom. The van der Waals surface area contributed by atoms with Gasteiger partial charge in [0.2, 0.25) is 10.0 Å². The van der Waals surface area contributed by atoms with E-state index in [2.05, 4.69) is 25.1 Å². The lowest BCUT2D eigenvalue weighted by Crippen LogP contribution is -2.40. The minimum Gasteiger partial charge on any atom is -0.379 e. The third kappa shape index (κ3) is 3.62. The van der Waals surface area contributed by atoms with E-state index >= 15 is 0 Å². The van der Waals surface area contributed by atoms with Crippen molar-refractivity contribution in [3.05, 3.63) is 29.6 Å². The van der Waals surface area contributed by atoms with Gasteiger partial charge in [-0.05, 0) is 12.5 Å². The van der Waals surface area contributed by atoms with Gasteiger partial charge in [-0.25, -0.2) is 8.42 Å². The van der Waals surface area contributed by atoms with Crippen molar-refractivity contribution in [2.75, 3.05) is 32.8 Å². The number of aromatic amines is 1. The van der Waals surface area contributed by atoms with E-state index in [4.69, 9.17) is 4.74 Å². The van der Waals surface area contributed by atoms with Crippen molar-refractivity contribution in [3.8, 4) is 0 Å². The fraction of sp³-hybridized carbons (Fsp3) is 0.562. The normalized spacial score (nSPS) is 17.8. The molecule has 2 aliphatic rings. The second-order valence-electron chi connectivity index (χ2n) is 6.56. The first kappa shape index (κ1) is 18.1. The van der Waals surface area contributed by atoms with Gasteiger partial charge in [0.05, 0.1) is 13.2 Å². The summed E-state index contributed by atoms with van der Waals surface area (Å²) in [5.41, 5.74) is 0.216. The summed E-state index contributed by atoms with van der Waals surface area (Å²) in [4.78, 5) is 15.2. The smallest absolute Gasteiger partial charge is 0.267 e. The van der Waals surface area contributed by atoms with E-state index in [1.54, 1.807) is 0 Å². The highest BCUT2D eigenvalue weighted by molar-refractivity contribution is 7.89. The van der Waals surface area contributed by atoms with Crippen molar-refractivity contribution in [2.45, 2.75) is 30.7 Å². The third-order valence-electron chi connectivity index (χ3n) is 4.83. The average molecular weight is 394 g/mol. The maximum absolute atomic E-state index is 12.6. The topological polar surface area (TPSA) is 122 Å². The number of amides is 1. The number of aryl methyl sites for hydroxylation is 1. The predicted molar refractivity (Wildman–Crippen MR) is 94.8 cm³/mol. The lowest BCUT2D eigenvalue weighted by molar-refractivity contribution is 0.0730. The molecule has 2 N–H and O–H groups in total. The van der Waals surface area contributed by atoms with Crippen LogP contribution in [0, 0.1) is 0 Å². The molecule has 0 aliphatic carbocycles. The number of aromatic nitrogens is 4. The number of H-pyrrole nitrogens is 1. The SMILES string of the molecule is O=C(NCCc1nnc2n1CCC2)c1cc(S(=O)(=O)N2CCOCC2)c[nH]1. The number of morpholine rings is 1. The summed E-state index contributed by atoms with van der Waals surface area (Å²) in [6.07, 6.45) is 3.96. The van der Waals surface area contributed by atoms with Gasteiger partial charge < -0.3 is 19.6 Å². The monoisotopic (exact) mass is 394 g/mol. The number of carbonyl (C=O) groups is 1. The Labute approximate surface area is 157 Å². The van der Waals surface area contributed by atoms with Crippen molar-refractivity contribution in [1.29, 1.82) is 0 Å². The van der Waals surface area contributed by atoms with Gasteiger partial charge in [-0.1, -0.05) is 0 Å². The van der Waals surface area contributed by atoms with Crippen LogP contribution < -0.4 is 5.32 Å². The lowest BCUT2D eigenvalue weighted by atomic mass is 10.3. The van der Waals surface area contributed by atoms with E-state index in [0.29, 0.717) is 39.3 Å². The maximum Gasteiger partial charge on any atom is 0.267 e.